The molecule has 0 aromatic carbocycles. The van der Waals surface area contributed by atoms with Crippen molar-refractivity contribution in [1.29, 1.82) is 0 Å². The number of morpholine rings is 1. The van der Waals surface area contributed by atoms with Gasteiger partial charge in [-0.2, -0.15) is 0 Å². The lowest BCUT2D eigenvalue weighted by molar-refractivity contribution is 0.0335. The topological polar surface area (TPSA) is 66.2 Å². The van der Waals surface area contributed by atoms with Crippen LogP contribution in [0.1, 0.15) is 51.2 Å². The second-order valence-electron chi connectivity index (χ2n) is 9.88. The molecule has 3 heterocycles. The molecule has 0 radical (unpaired) electrons. The second-order valence-corrected chi connectivity index (χ2v) is 9.88. The number of aromatic hydroxyl groups is 1. The maximum absolute atomic E-state index is 12.4. The molecule has 6 nitrogen and oxygen atoms in total. The van der Waals surface area contributed by atoms with E-state index in [2.05, 4.69) is 30.6 Å². The van der Waals surface area contributed by atoms with Crippen molar-refractivity contribution in [2.45, 2.75) is 59.2 Å². The predicted octanol–water partition coefficient (Wildman–Crippen LogP) is 2.58. The molecule has 2 bridgehead atoms. The van der Waals surface area contributed by atoms with Crippen molar-refractivity contribution in [3.05, 3.63) is 27.8 Å². The summed E-state index contributed by atoms with van der Waals surface area (Å²) in [5.74, 6) is 0.114. The molecule has 150 valence electrons. The molecule has 1 aromatic rings. The average molecular weight is 376 g/mol. The number of ether oxygens (including phenoxy) is 1. The van der Waals surface area contributed by atoms with Crippen LogP contribution in [0.5, 0.6) is 5.75 Å². The quantitative estimate of drug-likeness (QED) is 0.871. The molecule has 0 spiro atoms. The highest BCUT2D eigenvalue weighted by atomic mass is 16.5. The van der Waals surface area contributed by atoms with Gasteiger partial charge in [-0.3, -0.25) is 9.80 Å². The average Bonchev–Trinajstić information content (AvgIpc) is 2.83. The van der Waals surface area contributed by atoms with Crippen molar-refractivity contribution in [2.24, 2.45) is 10.8 Å². The molecule has 2 saturated heterocycles. The number of hydrogen-bond acceptors (Lipinski definition) is 6. The third-order valence-corrected chi connectivity index (χ3v) is 6.53. The van der Waals surface area contributed by atoms with E-state index in [1.807, 2.05) is 0 Å². The van der Waals surface area contributed by atoms with Crippen molar-refractivity contribution < 1.29 is 14.3 Å². The van der Waals surface area contributed by atoms with E-state index in [1.165, 1.54) is 19.1 Å². The Morgan fingerprint density at radius 2 is 1.93 bits per heavy atom. The number of likely N-dealkylation sites (tertiary alicyclic amines) is 1. The largest absolute Gasteiger partial charge is 0.507 e. The zero-order valence-electron chi connectivity index (χ0n) is 16.8. The lowest BCUT2D eigenvalue weighted by Crippen LogP contribution is -2.36. The molecule has 1 aliphatic carbocycles. The van der Waals surface area contributed by atoms with Crippen LogP contribution in [0.4, 0.5) is 0 Å². The summed E-state index contributed by atoms with van der Waals surface area (Å²) in [5.41, 5.74) is 1.32. The molecule has 1 saturated carbocycles. The van der Waals surface area contributed by atoms with Crippen LogP contribution in [0.15, 0.2) is 15.5 Å². The van der Waals surface area contributed by atoms with Crippen LogP contribution in [0.25, 0.3) is 0 Å². The van der Waals surface area contributed by atoms with Crippen LogP contribution in [0.2, 0.25) is 0 Å². The minimum absolute atomic E-state index is 0.114. The van der Waals surface area contributed by atoms with Crippen molar-refractivity contribution >= 4 is 0 Å². The van der Waals surface area contributed by atoms with E-state index in [0.29, 0.717) is 54.3 Å². The number of nitrogens with zero attached hydrogens (tertiary/aromatic N) is 2. The fourth-order valence-electron chi connectivity index (χ4n) is 5.76. The third-order valence-electron chi connectivity index (χ3n) is 6.53. The Morgan fingerprint density at radius 1 is 1.19 bits per heavy atom. The first-order valence-corrected chi connectivity index (χ1v) is 10.1. The van der Waals surface area contributed by atoms with E-state index in [-0.39, 0.29) is 5.75 Å². The van der Waals surface area contributed by atoms with Crippen LogP contribution >= 0.6 is 0 Å². The molecule has 4 rings (SSSR count). The summed E-state index contributed by atoms with van der Waals surface area (Å²) in [7, 11) is 0. The van der Waals surface area contributed by atoms with Gasteiger partial charge in [0.2, 0.25) is 0 Å². The Balaban J connectivity index is 1.54. The molecule has 3 fully saturated rings. The SMILES string of the molecule is CC1(C)C[C@H]2C[C@@](C)(CN2Cc2c(O)c(CN3CCOCC3)coc2=O)C1. The van der Waals surface area contributed by atoms with Gasteiger partial charge in [0.25, 0.3) is 0 Å². The van der Waals surface area contributed by atoms with Gasteiger partial charge in [0.15, 0.2) is 0 Å². The van der Waals surface area contributed by atoms with Crippen molar-refractivity contribution in [2.75, 3.05) is 32.8 Å². The first-order chi connectivity index (χ1) is 12.7. The number of hydrogen-bond donors (Lipinski definition) is 1. The van der Waals surface area contributed by atoms with E-state index in [1.54, 1.807) is 0 Å². The van der Waals surface area contributed by atoms with E-state index < -0.39 is 5.63 Å². The molecule has 2 atom stereocenters. The molecular formula is C21H32N2O4. The van der Waals surface area contributed by atoms with Crippen LogP contribution in [0, 0.1) is 10.8 Å². The molecule has 2 aliphatic heterocycles. The van der Waals surface area contributed by atoms with Crippen LogP contribution in [0.3, 0.4) is 0 Å². The highest BCUT2D eigenvalue weighted by Crippen LogP contribution is 2.52. The summed E-state index contributed by atoms with van der Waals surface area (Å²) in [4.78, 5) is 17.0. The zero-order chi connectivity index (χ0) is 19.2. The monoisotopic (exact) mass is 376 g/mol. The van der Waals surface area contributed by atoms with Gasteiger partial charge in [0.05, 0.1) is 18.8 Å². The molecule has 1 aromatic heterocycles. The van der Waals surface area contributed by atoms with Crippen molar-refractivity contribution in [1.82, 2.24) is 9.80 Å². The Hall–Kier alpha value is -1.37. The van der Waals surface area contributed by atoms with Crippen LogP contribution in [-0.4, -0.2) is 53.8 Å². The molecule has 27 heavy (non-hydrogen) atoms. The summed E-state index contributed by atoms with van der Waals surface area (Å²) < 4.78 is 10.7. The van der Waals surface area contributed by atoms with Crippen molar-refractivity contribution in [3.63, 3.8) is 0 Å². The van der Waals surface area contributed by atoms with E-state index in [4.69, 9.17) is 9.15 Å². The number of fused-ring (bicyclic) bond motifs is 2. The molecule has 3 aliphatic rings. The Kier molecular flexibility index (Phi) is 4.85. The Bertz CT molecular complexity index is 753. The van der Waals surface area contributed by atoms with E-state index in [9.17, 15) is 9.90 Å². The normalized spacial score (nSPS) is 31.3. The third kappa shape index (κ3) is 3.93. The lowest BCUT2D eigenvalue weighted by Gasteiger charge is -2.39. The van der Waals surface area contributed by atoms with Crippen LogP contribution in [-0.2, 0) is 17.8 Å². The molecule has 0 amide bonds. The minimum atomic E-state index is -0.413. The standard InChI is InChI=1S/C21H32N2O4/c1-20(2)8-16-9-21(3,13-20)14-23(16)11-17-18(24)15(12-27-19(17)25)10-22-4-6-26-7-5-22/h12,16,24H,4-11,13-14H2,1-3H3/t16-,21+/m0/s1. The fourth-order valence-corrected chi connectivity index (χ4v) is 5.76. The second kappa shape index (κ2) is 6.90. The predicted molar refractivity (Wildman–Crippen MR) is 103 cm³/mol. The highest BCUT2D eigenvalue weighted by Gasteiger charge is 2.49. The lowest BCUT2D eigenvalue weighted by atomic mass is 9.65. The van der Waals surface area contributed by atoms with Gasteiger partial charge in [-0.15, -0.1) is 0 Å². The zero-order valence-corrected chi connectivity index (χ0v) is 16.8. The van der Waals surface area contributed by atoms with Gasteiger partial charge in [-0.25, -0.2) is 4.79 Å². The summed E-state index contributed by atoms with van der Waals surface area (Å²) in [6.07, 6.45) is 4.95. The van der Waals surface area contributed by atoms with E-state index >= 15 is 0 Å². The minimum Gasteiger partial charge on any atom is -0.507 e. The van der Waals surface area contributed by atoms with Gasteiger partial charge in [0.1, 0.15) is 12.0 Å². The smallest absolute Gasteiger partial charge is 0.343 e. The molecule has 1 N–H and O–H groups in total. The van der Waals surface area contributed by atoms with Gasteiger partial charge in [-0.05, 0) is 30.1 Å². The maximum atomic E-state index is 12.4. The van der Waals surface area contributed by atoms with Crippen LogP contribution < -0.4 is 5.63 Å². The molecular weight excluding hydrogens is 344 g/mol. The van der Waals surface area contributed by atoms with Gasteiger partial charge in [0, 0.05) is 44.3 Å². The Morgan fingerprint density at radius 3 is 2.67 bits per heavy atom. The van der Waals surface area contributed by atoms with E-state index in [0.717, 1.165) is 26.1 Å². The first kappa shape index (κ1) is 19.0. The molecule has 0 unspecified atom stereocenters. The van der Waals surface area contributed by atoms with Gasteiger partial charge < -0.3 is 14.3 Å². The summed E-state index contributed by atoms with van der Waals surface area (Å²) in [6, 6.07) is 0.473. The van der Waals surface area contributed by atoms with Crippen molar-refractivity contribution in [3.8, 4) is 5.75 Å². The van der Waals surface area contributed by atoms with Gasteiger partial charge >= 0.3 is 5.63 Å². The summed E-state index contributed by atoms with van der Waals surface area (Å²) in [6.45, 7) is 12.1. The maximum Gasteiger partial charge on any atom is 0.343 e. The summed E-state index contributed by atoms with van der Waals surface area (Å²) in [5, 5.41) is 10.8. The Labute approximate surface area is 161 Å². The first-order valence-electron chi connectivity index (χ1n) is 10.1. The molecule has 6 heteroatoms. The fraction of sp³-hybridized carbons (Fsp3) is 0.762. The summed E-state index contributed by atoms with van der Waals surface area (Å²) >= 11 is 0. The number of rotatable bonds is 4. The van der Waals surface area contributed by atoms with Gasteiger partial charge in [-0.1, -0.05) is 20.8 Å². The highest BCUT2D eigenvalue weighted by molar-refractivity contribution is 5.36.